The third-order valence-electron chi connectivity index (χ3n) is 2.85. The molecule has 4 nitrogen and oxygen atoms in total. The Kier molecular flexibility index (Phi) is 11.4. The van der Waals surface area contributed by atoms with Crippen LogP contribution in [0.25, 0.3) is 0 Å². The first-order chi connectivity index (χ1) is 9.20. The largest absolute Gasteiger partial charge is 0.483 e. The van der Waals surface area contributed by atoms with E-state index in [1.165, 1.54) is 19.3 Å². The Labute approximate surface area is 114 Å². The average Bonchev–Trinajstić information content (AvgIpc) is 2.43. The van der Waals surface area contributed by atoms with Crippen molar-refractivity contribution in [2.24, 2.45) is 5.92 Å². The van der Waals surface area contributed by atoms with Gasteiger partial charge in [0.2, 0.25) is 0 Å². The molecule has 0 atom stereocenters. The molecule has 1 aliphatic rings. The van der Waals surface area contributed by atoms with E-state index < -0.39 is 5.97 Å². The van der Waals surface area contributed by atoms with Crippen molar-refractivity contribution in [3.63, 3.8) is 0 Å². The van der Waals surface area contributed by atoms with Crippen LogP contribution >= 0.6 is 0 Å². The Bertz CT molecular complexity index is 291. The molecule has 0 radical (unpaired) electrons. The maximum Gasteiger partial charge on any atom is 0.303 e. The first-order valence-electron chi connectivity index (χ1n) is 6.50. The lowest BCUT2D eigenvalue weighted by Crippen LogP contribution is -2.10. The molecule has 0 amide bonds. The quantitative estimate of drug-likeness (QED) is 0.804. The fraction of sp³-hybridized carbons (Fsp3) is 0.467. The lowest BCUT2D eigenvalue weighted by molar-refractivity contribution is -0.138. The van der Waals surface area contributed by atoms with Gasteiger partial charge in [-0.15, -0.1) is 0 Å². The molecule has 2 rings (SSSR count). The van der Waals surface area contributed by atoms with E-state index in [2.05, 4.69) is 0 Å². The smallest absolute Gasteiger partial charge is 0.303 e. The van der Waals surface area contributed by atoms with Crippen molar-refractivity contribution in [3.05, 3.63) is 36.4 Å². The van der Waals surface area contributed by atoms with E-state index >= 15 is 0 Å². The summed E-state index contributed by atoms with van der Waals surface area (Å²) in [6.45, 7) is -0.250. The average molecular weight is 266 g/mol. The summed E-state index contributed by atoms with van der Waals surface area (Å²) in [5.41, 5.74) is 0. The minimum Gasteiger partial charge on any atom is -0.483 e. The van der Waals surface area contributed by atoms with Crippen LogP contribution in [0.2, 0.25) is 0 Å². The second-order valence-electron chi connectivity index (χ2n) is 4.36. The van der Waals surface area contributed by atoms with Crippen molar-refractivity contribution in [2.45, 2.75) is 38.5 Å². The van der Waals surface area contributed by atoms with Crippen LogP contribution in [0.15, 0.2) is 36.4 Å². The van der Waals surface area contributed by atoms with Crippen LogP contribution in [-0.2, 0) is 9.59 Å². The molecule has 1 fully saturated rings. The zero-order valence-corrected chi connectivity index (χ0v) is 11.1. The number of hydrogen-bond donors (Lipinski definition) is 2. The molecule has 0 heterocycles. The van der Waals surface area contributed by atoms with Gasteiger partial charge in [-0.25, -0.2) is 0 Å². The first kappa shape index (κ1) is 17.2. The van der Waals surface area contributed by atoms with Crippen LogP contribution in [0, 0.1) is 5.92 Å². The summed E-state index contributed by atoms with van der Waals surface area (Å²) in [6.07, 6.45) is 6.42. The van der Waals surface area contributed by atoms with Gasteiger partial charge < -0.3 is 10.2 Å². The Morgan fingerprint density at radius 2 is 1.37 bits per heavy atom. The Hall–Kier alpha value is -1.84. The molecule has 0 spiro atoms. The van der Waals surface area contributed by atoms with Gasteiger partial charge in [-0.3, -0.25) is 9.59 Å². The van der Waals surface area contributed by atoms with Crippen molar-refractivity contribution in [1.29, 1.82) is 0 Å². The zero-order chi connectivity index (χ0) is 14.3. The normalized spacial score (nSPS) is 14.1. The topological polar surface area (TPSA) is 74.6 Å². The number of carboxylic acids is 1. The van der Waals surface area contributed by atoms with Crippen LogP contribution in [0.4, 0.5) is 0 Å². The maximum absolute atomic E-state index is 10.3. The van der Waals surface area contributed by atoms with Gasteiger partial charge in [0, 0.05) is 6.42 Å². The third kappa shape index (κ3) is 12.4. The van der Waals surface area contributed by atoms with Gasteiger partial charge in [-0.1, -0.05) is 55.7 Å². The van der Waals surface area contributed by atoms with E-state index in [1.807, 2.05) is 36.4 Å². The van der Waals surface area contributed by atoms with E-state index in [4.69, 9.17) is 15.0 Å². The predicted molar refractivity (Wildman–Crippen MR) is 74.0 cm³/mol. The van der Waals surface area contributed by atoms with Gasteiger partial charge in [0.1, 0.15) is 0 Å². The standard InChI is InChI=1S/C8H14O2.C6H6.CH2O2/c9-8(10)6-7-4-2-1-3-5-7;1-2-4-6-5-3-1;2-1-3/h7H,1-6H2,(H,9,10);1-6H;1H,(H,2,3). The fourth-order valence-electron chi connectivity index (χ4n) is 2.02. The fourth-order valence-corrected chi connectivity index (χ4v) is 2.02. The maximum atomic E-state index is 10.3. The van der Waals surface area contributed by atoms with Crippen LogP contribution in [-0.4, -0.2) is 22.7 Å². The lowest BCUT2D eigenvalue weighted by atomic mass is 9.87. The lowest BCUT2D eigenvalue weighted by Gasteiger charge is -2.18. The number of benzene rings is 1. The van der Waals surface area contributed by atoms with Crippen LogP contribution in [0.1, 0.15) is 38.5 Å². The number of hydrogen-bond acceptors (Lipinski definition) is 2. The van der Waals surface area contributed by atoms with E-state index in [9.17, 15) is 4.79 Å². The van der Waals surface area contributed by atoms with Crippen LogP contribution in [0.5, 0.6) is 0 Å². The first-order valence-corrected chi connectivity index (χ1v) is 6.50. The highest BCUT2D eigenvalue weighted by atomic mass is 16.4. The molecule has 1 saturated carbocycles. The molecule has 1 aromatic carbocycles. The minimum atomic E-state index is -0.632. The summed E-state index contributed by atoms with van der Waals surface area (Å²) in [7, 11) is 0. The van der Waals surface area contributed by atoms with Gasteiger partial charge in [0.05, 0.1) is 0 Å². The van der Waals surface area contributed by atoms with E-state index in [1.54, 1.807) is 0 Å². The summed E-state index contributed by atoms with van der Waals surface area (Å²) < 4.78 is 0. The van der Waals surface area contributed by atoms with Gasteiger partial charge in [0.25, 0.3) is 6.47 Å². The number of aliphatic carboxylic acids is 1. The monoisotopic (exact) mass is 266 g/mol. The summed E-state index contributed by atoms with van der Waals surface area (Å²) in [5, 5.41) is 15.4. The summed E-state index contributed by atoms with van der Waals surface area (Å²) in [4.78, 5) is 18.6. The predicted octanol–water partition coefficient (Wildman–Crippen LogP) is 3.43. The summed E-state index contributed by atoms with van der Waals surface area (Å²) >= 11 is 0. The molecule has 1 aromatic rings. The molecule has 1 aliphatic carbocycles. The molecule has 4 heteroatoms. The highest BCUT2D eigenvalue weighted by Crippen LogP contribution is 2.25. The summed E-state index contributed by atoms with van der Waals surface area (Å²) in [5.74, 6) is -0.154. The number of carboxylic acid groups (broad SMARTS) is 2. The molecular weight excluding hydrogens is 244 g/mol. The number of carbonyl (C=O) groups is 2. The third-order valence-corrected chi connectivity index (χ3v) is 2.85. The van der Waals surface area contributed by atoms with Crippen molar-refractivity contribution >= 4 is 12.4 Å². The molecule has 0 saturated heterocycles. The molecular formula is C15H22O4. The molecule has 0 bridgehead atoms. The Balaban J connectivity index is 0.000000306. The molecule has 0 unspecified atom stereocenters. The molecule has 0 aromatic heterocycles. The highest BCUT2D eigenvalue weighted by molar-refractivity contribution is 5.67. The van der Waals surface area contributed by atoms with Crippen molar-refractivity contribution < 1.29 is 19.8 Å². The molecule has 19 heavy (non-hydrogen) atoms. The van der Waals surface area contributed by atoms with Crippen molar-refractivity contribution in [3.8, 4) is 0 Å². The van der Waals surface area contributed by atoms with Gasteiger partial charge in [-0.2, -0.15) is 0 Å². The number of rotatable bonds is 2. The van der Waals surface area contributed by atoms with E-state index in [0.29, 0.717) is 12.3 Å². The Morgan fingerprint density at radius 1 is 1.00 bits per heavy atom. The van der Waals surface area contributed by atoms with Crippen molar-refractivity contribution in [2.75, 3.05) is 0 Å². The Morgan fingerprint density at radius 3 is 1.68 bits per heavy atom. The highest BCUT2D eigenvalue weighted by Gasteiger charge is 2.15. The SMILES string of the molecule is O=C(O)CC1CCCCC1.O=CO.c1ccccc1. The van der Waals surface area contributed by atoms with Gasteiger partial charge in [-0.05, 0) is 18.8 Å². The summed E-state index contributed by atoms with van der Waals surface area (Å²) in [6, 6.07) is 12.0. The van der Waals surface area contributed by atoms with Crippen LogP contribution in [0.3, 0.4) is 0 Å². The zero-order valence-electron chi connectivity index (χ0n) is 11.1. The van der Waals surface area contributed by atoms with E-state index in [-0.39, 0.29) is 6.47 Å². The van der Waals surface area contributed by atoms with Gasteiger partial charge in [0.15, 0.2) is 0 Å². The van der Waals surface area contributed by atoms with Crippen LogP contribution < -0.4 is 0 Å². The molecule has 0 aliphatic heterocycles. The van der Waals surface area contributed by atoms with Gasteiger partial charge >= 0.3 is 5.97 Å². The minimum absolute atomic E-state index is 0.250. The van der Waals surface area contributed by atoms with E-state index in [0.717, 1.165) is 12.8 Å². The molecule has 106 valence electrons. The second-order valence-corrected chi connectivity index (χ2v) is 4.36. The molecule has 2 N–H and O–H groups in total. The van der Waals surface area contributed by atoms with Crippen molar-refractivity contribution in [1.82, 2.24) is 0 Å². The second kappa shape index (κ2) is 12.6.